The summed E-state index contributed by atoms with van der Waals surface area (Å²) in [5.41, 5.74) is 6.69. The average Bonchev–Trinajstić information content (AvgIpc) is 2.22. The first-order valence-electron chi connectivity index (χ1n) is 5.62. The molecule has 84 valence electrons. The lowest BCUT2D eigenvalue weighted by molar-refractivity contribution is -0.198. The Morgan fingerprint density at radius 1 is 1.25 bits per heavy atom. The summed E-state index contributed by atoms with van der Waals surface area (Å²) >= 11 is 0. The van der Waals surface area contributed by atoms with Crippen LogP contribution in [0.5, 0.6) is 0 Å². The van der Waals surface area contributed by atoms with Gasteiger partial charge in [0.05, 0.1) is 5.41 Å². The Balaban J connectivity index is 1.55. The number of carbonyl (C=O) groups is 1. The molecule has 0 heterocycles. The van der Waals surface area contributed by atoms with Crippen LogP contribution in [0.3, 0.4) is 0 Å². The average molecular weight is 217 g/mol. The van der Waals surface area contributed by atoms with E-state index in [9.17, 15) is 4.79 Å². The summed E-state index contributed by atoms with van der Waals surface area (Å²) in [7, 11) is 0. The van der Waals surface area contributed by atoms with Crippen molar-refractivity contribution in [3.8, 4) is 0 Å². The topological polar surface area (TPSA) is 52.3 Å². The van der Waals surface area contributed by atoms with Crippen LogP contribution < -0.4 is 5.73 Å². The zero-order valence-electron chi connectivity index (χ0n) is 9.11. The molecule has 0 spiro atoms. The molecule has 3 saturated carbocycles. The van der Waals surface area contributed by atoms with Crippen molar-refractivity contribution < 1.29 is 9.53 Å². The second kappa shape index (κ2) is 3.08. The maximum atomic E-state index is 11.8. The van der Waals surface area contributed by atoms with Crippen molar-refractivity contribution in [3.05, 3.63) is 35.9 Å². The van der Waals surface area contributed by atoms with Gasteiger partial charge in [0.25, 0.3) is 0 Å². The number of ether oxygens (including phenoxy) is 1. The van der Waals surface area contributed by atoms with Gasteiger partial charge in [0, 0.05) is 5.54 Å². The Labute approximate surface area is 94.6 Å². The van der Waals surface area contributed by atoms with E-state index in [1.807, 2.05) is 30.3 Å². The number of hydrogen-bond acceptors (Lipinski definition) is 3. The molecule has 2 N–H and O–H groups in total. The van der Waals surface area contributed by atoms with Crippen LogP contribution in [0.2, 0.25) is 0 Å². The Morgan fingerprint density at radius 2 is 1.88 bits per heavy atom. The normalized spacial score (nSPS) is 34.8. The molecule has 0 amide bonds. The maximum Gasteiger partial charge on any atom is 0.312 e. The molecule has 2 bridgehead atoms. The van der Waals surface area contributed by atoms with Gasteiger partial charge in [0.1, 0.15) is 6.61 Å². The summed E-state index contributed by atoms with van der Waals surface area (Å²) < 4.78 is 5.32. The molecule has 4 rings (SSSR count). The summed E-state index contributed by atoms with van der Waals surface area (Å²) in [4.78, 5) is 11.8. The summed E-state index contributed by atoms with van der Waals surface area (Å²) in [5.74, 6) is -0.0660. The molecule has 3 aliphatic rings. The zero-order valence-corrected chi connectivity index (χ0v) is 9.11. The molecule has 0 radical (unpaired) electrons. The highest BCUT2D eigenvalue weighted by molar-refractivity contribution is 5.82. The van der Waals surface area contributed by atoms with E-state index in [0.717, 1.165) is 24.8 Å². The maximum absolute atomic E-state index is 11.8. The molecule has 1 aromatic carbocycles. The molecule has 0 atom stereocenters. The summed E-state index contributed by atoms with van der Waals surface area (Å²) in [6, 6.07) is 9.75. The van der Waals surface area contributed by atoms with Crippen LogP contribution in [0.25, 0.3) is 0 Å². The minimum Gasteiger partial charge on any atom is -0.460 e. The van der Waals surface area contributed by atoms with Crippen molar-refractivity contribution >= 4 is 5.97 Å². The lowest BCUT2D eigenvalue weighted by Gasteiger charge is -2.66. The van der Waals surface area contributed by atoms with E-state index in [0.29, 0.717) is 6.61 Å². The van der Waals surface area contributed by atoms with Crippen molar-refractivity contribution in [2.45, 2.75) is 31.4 Å². The molecule has 0 aromatic heterocycles. The third-order valence-corrected chi connectivity index (χ3v) is 3.72. The second-order valence-corrected chi connectivity index (χ2v) is 5.23. The van der Waals surface area contributed by atoms with Crippen LogP contribution in [0.1, 0.15) is 24.8 Å². The first kappa shape index (κ1) is 9.85. The van der Waals surface area contributed by atoms with E-state index in [-0.39, 0.29) is 16.9 Å². The number of nitrogens with two attached hydrogens (primary N) is 1. The van der Waals surface area contributed by atoms with Crippen molar-refractivity contribution in [1.29, 1.82) is 0 Å². The Morgan fingerprint density at radius 3 is 2.44 bits per heavy atom. The third-order valence-electron chi connectivity index (χ3n) is 3.72. The molecule has 3 nitrogen and oxygen atoms in total. The molecule has 0 aliphatic heterocycles. The van der Waals surface area contributed by atoms with E-state index < -0.39 is 0 Å². The second-order valence-electron chi connectivity index (χ2n) is 5.23. The lowest BCUT2D eigenvalue weighted by atomic mass is 9.40. The van der Waals surface area contributed by atoms with Gasteiger partial charge in [-0.05, 0) is 24.8 Å². The van der Waals surface area contributed by atoms with E-state index >= 15 is 0 Å². The highest BCUT2D eigenvalue weighted by atomic mass is 16.5. The molecule has 1 aromatic rings. The highest BCUT2D eigenvalue weighted by Crippen LogP contribution is 2.66. The Hall–Kier alpha value is -1.35. The molecule has 3 heteroatoms. The summed E-state index contributed by atoms with van der Waals surface area (Å²) in [6.45, 7) is 0.374. The van der Waals surface area contributed by atoms with Gasteiger partial charge in [-0.15, -0.1) is 0 Å². The number of esters is 1. The van der Waals surface area contributed by atoms with Crippen molar-refractivity contribution in [1.82, 2.24) is 0 Å². The predicted octanol–water partition coefficient (Wildman–Crippen LogP) is 1.61. The van der Waals surface area contributed by atoms with Crippen LogP contribution in [0, 0.1) is 5.41 Å². The van der Waals surface area contributed by atoms with Crippen LogP contribution in [0.15, 0.2) is 30.3 Å². The highest BCUT2D eigenvalue weighted by Gasteiger charge is 2.70. The van der Waals surface area contributed by atoms with E-state index in [1.165, 1.54) is 0 Å². The van der Waals surface area contributed by atoms with Gasteiger partial charge in [0.2, 0.25) is 0 Å². The Bertz CT molecular complexity index is 407. The fourth-order valence-corrected chi connectivity index (χ4v) is 2.96. The molecule has 3 aliphatic carbocycles. The van der Waals surface area contributed by atoms with Crippen molar-refractivity contribution in [2.75, 3.05) is 0 Å². The van der Waals surface area contributed by atoms with Crippen LogP contribution in [-0.4, -0.2) is 11.5 Å². The van der Waals surface area contributed by atoms with E-state index in [4.69, 9.17) is 10.5 Å². The zero-order chi connectivity index (χ0) is 11.2. The van der Waals surface area contributed by atoms with Crippen molar-refractivity contribution in [2.24, 2.45) is 11.1 Å². The largest absolute Gasteiger partial charge is 0.460 e. The lowest BCUT2D eigenvalue weighted by Crippen LogP contribution is -2.75. The minimum atomic E-state index is -0.219. The number of carbonyl (C=O) groups excluding carboxylic acids is 1. The summed E-state index contributed by atoms with van der Waals surface area (Å²) in [5, 5.41) is 0. The number of hydrogen-bond donors (Lipinski definition) is 1. The molecule has 16 heavy (non-hydrogen) atoms. The van der Waals surface area contributed by atoms with Crippen molar-refractivity contribution in [3.63, 3.8) is 0 Å². The molecule has 3 fully saturated rings. The first-order chi connectivity index (χ1) is 7.62. The van der Waals surface area contributed by atoms with Gasteiger partial charge in [-0.3, -0.25) is 4.79 Å². The molecule has 0 saturated heterocycles. The monoisotopic (exact) mass is 217 g/mol. The van der Waals surface area contributed by atoms with Gasteiger partial charge in [-0.2, -0.15) is 0 Å². The third kappa shape index (κ3) is 1.35. The minimum absolute atomic E-state index is 0.0359. The molecular formula is C13H15NO2. The Kier molecular flexibility index (Phi) is 1.89. The fourth-order valence-electron chi connectivity index (χ4n) is 2.96. The van der Waals surface area contributed by atoms with E-state index in [1.54, 1.807) is 0 Å². The predicted molar refractivity (Wildman–Crippen MR) is 59.4 cm³/mol. The number of benzene rings is 1. The molecular weight excluding hydrogens is 202 g/mol. The van der Waals surface area contributed by atoms with Gasteiger partial charge in [-0.25, -0.2) is 0 Å². The van der Waals surface area contributed by atoms with Gasteiger partial charge >= 0.3 is 5.97 Å². The van der Waals surface area contributed by atoms with Gasteiger partial charge in [0.15, 0.2) is 0 Å². The number of rotatable bonds is 3. The fraction of sp³-hybridized carbons (Fsp3) is 0.462. The standard InChI is InChI=1S/C13H15NO2/c14-13-7-12(8-13,9-13)11(15)16-6-10-4-2-1-3-5-10/h1-5H,6-9,14H2. The smallest absolute Gasteiger partial charge is 0.312 e. The van der Waals surface area contributed by atoms with Crippen LogP contribution in [-0.2, 0) is 16.1 Å². The first-order valence-corrected chi connectivity index (χ1v) is 5.62. The van der Waals surface area contributed by atoms with Gasteiger partial charge in [-0.1, -0.05) is 30.3 Å². The molecule has 0 unspecified atom stereocenters. The van der Waals surface area contributed by atoms with Gasteiger partial charge < -0.3 is 10.5 Å². The van der Waals surface area contributed by atoms with E-state index in [2.05, 4.69) is 0 Å². The van der Waals surface area contributed by atoms with Crippen LogP contribution >= 0.6 is 0 Å². The SMILES string of the molecule is NC12CC(C(=O)OCc3ccccc3)(C1)C2. The van der Waals surface area contributed by atoms with Crippen LogP contribution in [0.4, 0.5) is 0 Å². The summed E-state index contributed by atoms with van der Waals surface area (Å²) in [6.07, 6.45) is 2.44. The quantitative estimate of drug-likeness (QED) is 0.782.